The molecule has 0 aliphatic carbocycles. The molecular formula is C12H23NO4S. The lowest BCUT2D eigenvalue weighted by Crippen LogP contribution is -2.21. The summed E-state index contributed by atoms with van der Waals surface area (Å²) in [4.78, 5) is 20.1. The van der Waals surface area contributed by atoms with Crippen LogP contribution in [-0.4, -0.2) is 40.5 Å². The second kappa shape index (κ2) is 12.4. The van der Waals surface area contributed by atoms with Gasteiger partial charge in [-0.25, -0.2) is 4.79 Å². The fourth-order valence-electron chi connectivity index (χ4n) is 0.966. The summed E-state index contributed by atoms with van der Waals surface area (Å²) in [6, 6.07) is 0. The number of aliphatic carboxylic acids is 1. The summed E-state index contributed by atoms with van der Waals surface area (Å²) in [5, 5.41) is 20.0. The molecule has 0 fully saturated rings. The Labute approximate surface area is 114 Å². The molecule has 0 aromatic rings. The normalized spacial score (nSPS) is 13.4. The van der Waals surface area contributed by atoms with Gasteiger partial charge in [0.1, 0.15) is 0 Å². The quantitative estimate of drug-likeness (QED) is 0.432. The van der Waals surface area contributed by atoms with E-state index in [0.29, 0.717) is 18.7 Å². The Kier molecular flexibility index (Phi) is 13.4. The van der Waals surface area contributed by atoms with E-state index in [1.807, 2.05) is 6.92 Å². The van der Waals surface area contributed by atoms with Crippen molar-refractivity contribution in [2.24, 2.45) is 5.92 Å². The molecule has 0 aliphatic rings. The fourth-order valence-corrected chi connectivity index (χ4v) is 1.08. The van der Waals surface area contributed by atoms with Crippen molar-refractivity contribution in [2.75, 3.05) is 12.3 Å². The number of thiol groups is 1. The molecule has 1 amide bonds. The minimum Gasteiger partial charge on any atom is -0.478 e. The predicted octanol–water partition coefficient (Wildman–Crippen LogP) is 1.09. The Morgan fingerprint density at radius 3 is 2.28 bits per heavy atom. The van der Waals surface area contributed by atoms with Crippen LogP contribution in [0.1, 0.15) is 27.2 Å². The summed E-state index contributed by atoms with van der Waals surface area (Å²) in [5.74, 6) is -0.343. The van der Waals surface area contributed by atoms with E-state index in [0.717, 1.165) is 6.08 Å². The minimum atomic E-state index is -0.972. The van der Waals surface area contributed by atoms with E-state index in [1.54, 1.807) is 6.92 Å². The lowest BCUT2D eigenvalue weighted by molar-refractivity contribution is -0.131. The molecule has 0 saturated carbocycles. The summed E-state index contributed by atoms with van der Waals surface area (Å²) in [7, 11) is 0. The number of carboxylic acid groups (broad SMARTS) is 1. The van der Waals surface area contributed by atoms with Gasteiger partial charge < -0.3 is 15.5 Å². The molecule has 3 N–H and O–H groups in total. The molecule has 0 aliphatic heterocycles. The Bertz CT molecular complexity index is 269. The lowest BCUT2D eigenvalue weighted by Gasteiger charge is -2.11. The summed E-state index contributed by atoms with van der Waals surface area (Å²) in [6.45, 7) is 5.80. The smallest absolute Gasteiger partial charge is 0.327 e. The van der Waals surface area contributed by atoms with Gasteiger partial charge in [0.05, 0.1) is 6.10 Å². The van der Waals surface area contributed by atoms with Crippen molar-refractivity contribution in [3.8, 4) is 0 Å². The highest BCUT2D eigenvalue weighted by atomic mass is 32.1. The molecule has 0 unspecified atom stereocenters. The summed E-state index contributed by atoms with van der Waals surface area (Å²) in [5.41, 5.74) is 0. The second-order valence-corrected chi connectivity index (χ2v) is 4.19. The third-order valence-electron chi connectivity index (χ3n) is 2.05. The number of hydrogen-bond donors (Lipinski definition) is 4. The van der Waals surface area contributed by atoms with Gasteiger partial charge >= 0.3 is 5.97 Å². The molecule has 0 bridgehead atoms. The highest BCUT2D eigenvalue weighted by Gasteiger charge is 2.07. The van der Waals surface area contributed by atoms with Crippen LogP contribution in [0.15, 0.2) is 12.2 Å². The Hall–Kier alpha value is -1.01. The second-order valence-electron chi connectivity index (χ2n) is 3.74. The van der Waals surface area contributed by atoms with Crippen LogP contribution in [0.2, 0.25) is 0 Å². The molecule has 0 rings (SSSR count). The van der Waals surface area contributed by atoms with E-state index in [1.165, 1.54) is 13.0 Å². The highest BCUT2D eigenvalue weighted by molar-refractivity contribution is 7.80. The van der Waals surface area contributed by atoms with Gasteiger partial charge in [0.15, 0.2) is 0 Å². The molecule has 5 nitrogen and oxygen atoms in total. The number of rotatable bonds is 6. The minimum absolute atomic E-state index is 0.00838. The first-order valence-corrected chi connectivity index (χ1v) is 6.42. The zero-order valence-electron chi connectivity index (χ0n) is 11.1. The summed E-state index contributed by atoms with van der Waals surface area (Å²) < 4.78 is 0. The first-order valence-electron chi connectivity index (χ1n) is 5.79. The van der Waals surface area contributed by atoms with Crippen LogP contribution in [0.3, 0.4) is 0 Å². The first-order chi connectivity index (χ1) is 8.34. The fraction of sp³-hybridized carbons (Fsp3) is 0.667. The van der Waals surface area contributed by atoms with Crippen molar-refractivity contribution in [1.29, 1.82) is 0 Å². The Morgan fingerprint density at radius 1 is 1.44 bits per heavy atom. The molecule has 6 heteroatoms. The first kappa shape index (κ1) is 19.3. The van der Waals surface area contributed by atoms with Gasteiger partial charge in [-0.1, -0.05) is 19.9 Å². The van der Waals surface area contributed by atoms with Gasteiger partial charge in [-0.05, 0) is 6.42 Å². The molecule has 2 atom stereocenters. The van der Waals surface area contributed by atoms with E-state index >= 15 is 0 Å². The monoisotopic (exact) mass is 277 g/mol. The zero-order valence-corrected chi connectivity index (χ0v) is 12.0. The van der Waals surface area contributed by atoms with Gasteiger partial charge in [-0.3, -0.25) is 4.79 Å². The molecule has 18 heavy (non-hydrogen) atoms. The average Bonchev–Trinajstić information content (AvgIpc) is 2.32. The van der Waals surface area contributed by atoms with Gasteiger partial charge in [0.25, 0.3) is 0 Å². The lowest BCUT2D eigenvalue weighted by atomic mass is 10.0. The van der Waals surface area contributed by atoms with E-state index in [2.05, 4.69) is 17.9 Å². The van der Waals surface area contributed by atoms with Crippen molar-refractivity contribution in [3.05, 3.63) is 12.2 Å². The topological polar surface area (TPSA) is 86.6 Å². The van der Waals surface area contributed by atoms with E-state index in [4.69, 9.17) is 5.11 Å². The number of aliphatic hydroxyl groups excluding tert-OH is 1. The molecule has 0 spiro atoms. The van der Waals surface area contributed by atoms with Crippen LogP contribution in [0.4, 0.5) is 0 Å². The predicted molar refractivity (Wildman–Crippen MR) is 74.8 cm³/mol. The van der Waals surface area contributed by atoms with Crippen LogP contribution in [0.25, 0.3) is 0 Å². The van der Waals surface area contributed by atoms with Crippen molar-refractivity contribution < 1.29 is 19.8 Å². The van der Waals surface area contributed by atoms with Gasteiger partial charge in [0.2, 0.25) is 5.91 Å². The maximum Gasteiger partial charge on any atom is 0.327 e. The maximum atomic E-state index is 10.1. The summed E-state index contributed by atoms with van der Waals surface area (Å²) in [6.07, 6.45) is 2.76. The third kappa shape index (κ3) is 15.0. The average molecular weight is 277 g/mol. The van der Waals surface area contributed by atoms with Gasteiger partial charge in [-0.15, -0.1) is 0 Å². The Morgan fingerprint density at radius 2 is 2.00 bits per heavy atom. The number of amides is 1. The largest absolute Gasteiger partial charge is 0.478 e. The van der Waals surface area contributed by atoms with Crippen LogP contribution in [0.5, 0.6) is 0 Å². The molecule has 0 saturated heterocycles. The van der Waals surface area contributed by atoms with Crippen molar-refractivity contribution in [3.63, 3.8) is 0 Å². The van der Waals surface area contributed by atoms with Gasteiger partial charge in [0, 0.05) is 31.2 Å². The molecule has 0 radical (unpaired) electrons. The number of hydrogen-bond acceptors (Lipinski definition) is 4. The van der Waals surface area contributed by atoms with Crippen LogP contribution >= 0.6 is 12.6 Å². The molecular weight excluding hydrogens is 254 g/mol. The van der Waals surface area contributed by atoms with Crippen molar-refractivity contribution in [1.82, 2.24) is 5.32 Å². The zero-order chi connectivity index (χ0) is 14.6. The maximum absolute atomic E-state index is 10.1. The Balaban J connectivity index is 0. The van der Waals surface area contributed by atoms with Crippen molar-refractivity contribution >= 4 is 24.5 Å². The number of carbonyl (C=O) groups excluding carboxylic acids is 1. The third-order valence-corrected chi connectivity index (χ3v) is 2.28. The molecule has 0 aromatic carbocycles. The molecule has 0 aromatic heterocycles. The van der Waals surface area contributed by atoms with Crippen LogP contribution in [-0.2, 0) is 9.59 Å². The van der Waals surface area contributed by atoms with Crippen LogP contribution in [0, 0.1) is 5.92 Å². The van der Waals surface area contributed by atoms with Crippen molar-refractivity contribution in [2.45, 2.75) is 33.3 Å². The molecule has 0 heterocycles. The standard InChI is InChI=1S/C8H14O3.C4H9NOS/c1-3-7(9)6(2)4-5-8(10)11;1-4(6)5-2-3-7/h4-7,9H,3H2,1-2H3,(H,10,11);7H,2-3H2,1H3,(H,5,6)/t6-,7+;/m0./s1. The number of carboxylic acids is 1. The van der Waals surface area contributed by atoms with E-state index < -0.39 is 12.1 Å². The summed E-state index contributed by atoms with van der Waals surface area (Å²) >= 11 is 3.88. The van der Waals surface area contributed by atoms with Crippen LogP contribution < -0.4 is 5.32 Å². The number of nitrogens with one attached hydrogen (secondary N) is 1. The van der Waals surface area contributed by atoms with Gasteiger partial charge in [-0.2, -0.15) is 12.6 Å². The number of aliphatic hydroxyl groups is 1. The molecule has 106 valence electrons. The van der Waals surface area contributed by atoms with E-state index in [-0.39, 0.29) is 11.8 Å². The number of carbonyl (C=O) groups is 2. The SMILES string of the molecule is CC(=O)NCCS.CC[C@@H](O)[C@@H](C)C=CC(=O)O. The highest BCUT2D eigenvalue weighted by Crippen LogP contribution is 2.07. The van der Waals surface area contributed by atoms with E-state index in [9.17, 15) is 14.7 Å².